The minimum Gasteiger partial charge on any atom is -0.379 e. The quantitative estimate of drug-likeness (QED) is 0.398. The molecule has 2 aromatic carbocycles. The van der Waals surface area contributed by atoms with Gasteiger partial charge < -0.3 is 9.57 Å². The molecule has 0 saturated carbocycles. The van der Waals surface area contributed by atoms with Crippen molar-refractivity contribution in [3.8, 4) is 22.4 Å². The van der Waals surface area contributed by atoms with Gasteiger partial charge >= 0.3 is 6.09 Å². The van der Waals surface area contributed by atoms with Crippen LogP contribution in [0, 0.1) is 6.92 Å². The molecule has 4 heterocycles. The average molecular weight is 481 g/mol. The van der Waals surface area contributed by atoms with Crippen LogP contribution in [0.2, 0.25) is 0 Å². The SMILES string of the molecule is Cc1cc2ncc3cc(-c4ccccc4)c(-c4ccc(NC(=O)ON5CCOCC5)cc4)nc3n2n1. The van der Waals surface area contributed by atoms with Crippen molar-refractivity contribution >= 4 is 28.5 Å². The van der Waals surface area contributed by atoms with E-state index in [9.17, 15) is 4.79 Å². The molecule has 1 amide bonds. The van der Waals surface area contributed by atoms with E-state index in [4.69, 9.17) is 14.6 Å². The summed E-state index contributed by atoms with van der Waals surface area (Å²) in [6, 6.07) is 21.7. The summed E-state index contributed by atoms with van der Waals surface area (Å²) in [4.78, 5) is 27.3. The lowest BCUT2D eigenvalue weighted by Gasteiger charge is -2.24. The molecule has 1 fully saturated rings. The fourth-order valence-electron chi connectivity index (χ4n) is 4.32. The van der Waals surface area contributed by atoms with Crippen molar-refractivity contribution in [3.05, 3.63) is 78.6 Å². The molecule has 0 bridgehead atoms. The maximum absolute atomic E-state index is 12.3. The minimum absolute atomic E-state index is 0.526. The number of hydrogen-bond acceptors (Lipinski definition) is 7. The first kappa shape index (κ1) is 22.1. The zero-order valence-electron chi connectivity index (χ0n) is 19.7. The summed E-state index contributed by atoms with van der Waals surface area (Å²) >= 11 is 0. The number of ether oxygens (including phenoxy) is 1. The van der Waals surface area contributed by atoms with Gasteiger partial charge in [-0.1, -0.05) is 42.5 Å². The molecule has 0 atom stereocenters. The summed E-state index contributed by atoms with van der Waals surface area (Å²) < 4.78 is 7.06. The molecule has 1 saturated heterocycles. The summed E-state index contributed by atoms with van der Waals surface area (Å²) in [5, 5.41) is 9.88. The molecule has 0 unspecified atom stereocenters. The van der Waals surface area contributed by atoms with Gasteiger partial charge in [-0.05, 0) is 30.7 Å². The van der Waals surface area contributed by atoms with E-state index >= 15 is 0 Å². The molecular weight excluding hydrogens is 456 g/mol. The Morgan fingerprint density at radius 2 is 1.78 bits per heavy atom. The highest BCUT2D eigenvalue weighted by atomic mass is 16.7. The van der Waals surface area contributed by atoms with Crippen LogP contribution < -0.4 is 5.32 Å². The van der Waals surface area contributed by atoms with Gasteiger partial charge in [-0.15, -0.1) is 5.06 Å². The van der Waals surface area contributed by atoms with Gasteiger partial charge in [0.1, 0.15) is 0 Å². The summed E-state index contributed by atoms with van der Waals surface area (Å²) in [6.45, 7) is 4.15. The van der Waals surface area contributed by atoms with Crippen LogP contribution in [0.25, 0.3) is 39.1 Å². The molecule has 0 spiro atoms. The number of nitrogens with zero attached hydrogens (tertiary/aromatic N) is 5. The third-order valence-corrected chi connectivity index (χ3v) is 6.05. The largest absolute Gasteiger partial charge is 0.430 e. The van der Waals surface area contributed by atoms with Crippen LogP contribution in [0.3, 0.4) is 0 Å². The third kappa shape index (κ3) is 4.37. The number of aromatic nitrogens is 4. The molecule has 1 aliphatic rings. The Balaban J connectivity index is 1.36. The second-order valence-electron chi connectivity index (χ2n) is 8.60. The van der Waals surface area contributed by atoms with Gasteiger partial charge in [0.2, 0.25) is 0 Å². The first-order valence-electron chi connectivity index (χ1n) is 11.8. The molecule has 3 aromatic heterocycles. The topological polar surface area (TPSA) is 93.9 Å². The van der Waals surface area contributed by atoms with Gasteiger partial charge in [-0.2, -0.15) is 9.61 Å². The van der Waals surface area contributed by atoms with Crippen LogP contribution >= 0.6 is 0 Å². The number of aryl methyl sites for hydroxylation is 1. The van der Waals surface area contributed by atoms with Crippen molar-refractivity contribution in [2.45, 2.75) is 6.92 Å². The Morgan fingerprint density at radius 1 is 1.00 bits per heavy atom. The van der Waals surface area contributed by atoms with Crippen LogP contribution in [-0.2, 0) is 9.57 Å². The molecule has 6 rings (SSSR count). The first-order chi connectivity index (χ1) is 17.6. The lowest BCUT2D eigenvalue weighted by molar-refractivity contribution is -0.142. The smallest absolute Gasteiger partial charge is 0.379 e. The summed E-state index contributed by atoms with van der Waals surface area (Å²) in [6.07, 6.45) is 1.31. The lowest BCUT2D eigenvalue weighted by Crippen LogP contribution is -2.39. The molecule has 1 N–H and O–H groups in total. The standard InChI is InChI=1S/C27H24N6O3/c1-18-15-24-28-17-21-16-23(19-5-3-2-4-6-19)25(30-26(21)33(24)31-18)20-7-9-22(10-8-20)29-27(34)36-32-11-13-35-14-12-32/h2-10,15-17H,11-14H2,1H3,(H,29,34). The highest BCUT2D eigenvalue weighted by Crippen LogP contribution is 2.34. The lowest BCUT2D eigenvalue weighted by atomic mass is 9.98. The molecule has 0 radical (unpaired) electrons. The monoisotopic (exact) mass is 480 g/mol. The minimum atomic E-state index is -0.526. The number of benzene rings is 2. The van der Waals surface area contributed by atoms with Crippen molar-refractivity contribution in [2.75, 3.05) is 31.6 Å². The van der Waals surface area contributed by atoms with E-state index in [0.717, 1.165) is 44.8 Å². The Bertz CT molecular complexity index is 1540. The van der Waals surface area contributed by atoms with Gasteiger partial charge in [0, 0.05) is 34.5 Å². The average Bonchev–Trinajstić information content (AvgIpc) is 3.30. The number of anilines is 1. The highest BCUT2D eigenvalue weighted by Gasteiger charge is 2.17. The Kier molecular flexibility index (Phi) is 5.76. The number of amides is 1. The van der Waals surface area contributed by atoms with Gasteiger partial charge in [0.25, 0.3) is 0 Å². The van der Waals surface area contributed by atoms with E-state index in [1.54, 1.807) is 9.58 Å². The van der Waals surface area contributed by atoms with Gasteiger partial charge in [0.05, 0.1) is 37.7 Å². The van der Waals surface area contributed by atoms with E-state index in [1.165, 1.54) is 0 Å². The van der Waals surface area contributed by atoms with Crippen molar-refractivity contribution in [1.82, 2.24) is 24.6 Å². The number of fused-ring (bicyclic) bond motifs is 3. The van der Waals surface area contributed by atoms with E-state index in [0.29, 0.717) is 32.0 Å². The maximum atomic E-state index is 12.3. The normalized spacial score (nSPS) is 14.2. The van der Waals surface area contributed by atoms with E-state index < -0.39 is 6.09 Å². The predicted molar refractivity (Wildman–Crippen MR) is 136 cm³/mol. The number of morpholine rings is 1. The van der Waals surface area contributed by atoms with Crippen molar-refractivity contribution < 1.29 is 14.4 Å². The fourth-order valence-corrected chi connectivity index (χ4v) is 4.32. The zero-order valence-corrected chi connectivity index (χ0v) is 19.7. The summed E-state index contributed by atoms with van der Waals surface area (Å²) in [5.41, 5.74) is 6.77. The van der Waals surface area contributed by atoms with Crippen LogP contribution in [0.15, 0.2) is 72.9 Å². The molecule has 9 nitrogen and oxygen atoms in total. The van der Waals surface area contributed by atoms with Crippen molar-refractivity contribution in [3.63, 3.8) is 0 Å². The number of carbonyl (C=O) groups excluding carboxylic acids is 1. The molecule has 5 aromatic rings. The van der Waals surface area contributed by atoms with Crippen LogP contribution in [0.5, 0.6) is 0 Å². The zero-order chi connectivity index (χ0) is 24.5. The number of rotatable bonds is 4. The third-order valence-electron chi connectivity index (χ3n) is 6.05. The van der Waals surface area contributed by atoms with E-state index in [-0.39, 0.29) is 0 Å². The molecule has 36 heavy (non-hydrogen) atoms. The number of hydrogen-bond donors (Lipinski definition) is 1. The number of pyridine rings is 1. The van der Waals surface area contributed by atoms with Crippen LogP contribution in [0.1, 0.15) is 5.69 Å². The summed E-state index contributed by atoms with van der Waals surface area (Å²) in [5.74, 6) is 0. The fraction of sp³-hybridized carbons (Fsp3) is 0.185. The summed E-state index contributed by atoms with van der Waals surface area (Å²) in [7, 11) is 0. The predicted octanol–water partition coefficient (Wildman–Crippen LogP) is 4.72. The Labute approximate surface area is 207 Å². The molecule has 0 aliphatic carbocycles. The van der Waals surface area contributed by atoms with Crippen LogP contribution in [0.4, 0.5) is 10.5 Å². The first-order valence-corrected chi connectivity index (χ1v) is 11.8. The Hall–Kier alpha value is -4.34. The highest BCUT2D eigenvalue weighted by molar-refractivity contribution is 5.91. The molecule has 1 aliphatic heterocycles. The number of hydroxylamine groups is 2. The van der Waals surface area contributed by atoms with Crippen molar-refractivity contribution in [2.24, 2.45) is 0 Å². The maximum Gasteiger partial charge on any atom is 0.430 e. The molecule has 9 heteroatoms. The van der Waals surface area contributed by atoms with Crippen molar-refractivity contribution in [1.29, 1.82) is 0 Å². The van der Waals surface area contributed by atoms with Crippen LogP contribution in [-0.4, -0.2) is 57.0 Å². The van der Waals surface area contributed by atoms with Gasteiger partial charge in [-0.3, -0.25) is 5.32 Å². The second kappa shape index (κ2) is 9.37. The number of nitrogens with one attached hydrogen (secondary N) is 1. The van der Waals surface area contributed by atoms with Gasteiger partial charge in [0.15, 0.2) is 11.3 Å². The number of carbonyl (C=O) groups is 1. The molecule has 180 valence electrons. The van der Waals surface area contributed by atoms with Gasteiger partial charge in [-0.25, -0.2) is 14.8 Å². The Morgan fingerprint density at radius 3 is 2.56 bits per heavy atom. The molecular formula is C27H24N6O3. The van der Waals surface area contributed by atoms with E-state index in [2.05, 4.69) is 33.6 Å². The van der Waals surface area contributed by atoms with E-state index in [1.807, 2.05) is 61.7 Å². The second-order valence-corrected chi connectivity index (χ2v) is 8.60.